The van der Waals surface area contributed by atoms with E-state index in [1.54, 1.807) is 24.1 Å². The third kappa shape index (κ3) is 3.96. The van der Waals surface area contributed by atoms with E-state index in [-0.39, 0.29) is 17.8 Å². The summed E-state index contributed by atoms with van der Waals surface area (Å²) in [5.74, 6) is -0.414. The zero-order chi connectivity index (χ0) is 17.8. The van der Waals surface area contributed by atoms with Crippen molar-refractivity contribution in [3.8, 4) is 0 Å². The first-order chi connectivity index (χ1) is 12.0. The van der Waals surface area contributed by atoms with Gasteiger partial charge in [0.2, 0.25) is 5.91 Å². The Morgan fingerprint density at radius 2 is 1.88 bits per heavy atom. The molecule has 5 nitrogen and oxygen atoms in total. The Labute approximate surface area is 146 Å². The van der Waals surface area contributed by atoms with Gasteiger partial charge in [-0.15, -0.1) is 0 Å². The second-order valence-corrected chi connectivity index (χ2v) is 6.10. The maximum Gasteiger partial charge on any atom is 0.318 e. The second kappa shape index (κ2) is 7.34. The maximum atomic E-state index is 12.9. The molecular formula is C19H20FN3O2. The van der Waals surface area contributed by atoms with Crippen LogP contribution < -0.4 is 10.2 Å². The maximum absolute atomic E-state index is 12.9. The quantitative estimate of drug-likeness (QED) is 0.930. The molecule has 1 unspecified atom stereocenters. The summed E-state index contributed by atoms with van der Waals surface area (Å²) in [6.45, 7) is 0.922. The number of rotatable bonds is 4. The third-order valence-corrected chi connectivity index (χ3v) is 4.25. The minimum absolute atomic E-state index is 0.102. The van der Waals surface area contributed by atoms with Gasteiger partial charge in [0.25, 0.3) is 0 Å². The molecule has 1 N–H and O–H groups in total. The Balaban J connectivity index is 1.57. The van der Waals surface area contributed by atoms with Gasteiger partial charge in [0.05, 0.1) is 0 Å². The molecule has 1 aliphatic heterocycles. The normalized spacial score (nSPS) is 16.8. The van der Waals surface area contributed by atoms with Gasteiger partial charge >= 0.3 is 6.03 Å². The lowest BCUT2D eigenvalue weighted by atomic mass is 10.2. The summed E-state index contributed by atoms with van der Waals surface area (Å²) in [5, 5.41) is 2.78. The lowest BCUT2D eigenvalue weighted by Gasteiger charge is -2.21. The second-order valence-electron chi connectivity index (χ2n) is 6.10. The summed E-state index contributed by atoms with van der Waals surface area (Å²) in [7, 11) is 1.65. The van der Waals surface area contributed by atoms with E-state index in [4.69, 9.17) is 0 Å². The average Bonchev–Trinajstić information content (AvgIpc) is 2.98. The van der Waals surface area contributed by atoms with E-state index in [1.807, 2.05) is 30.3 Å². The number of urea groups is 1. The Bertz CT molecular complexity index is 749. The molecule has 0 bridgehead atoms. The first kappa shape index (κ1) is 17.0. The smallest absolute Gasteiger partial charge is 0.318 e. The Hall–Kier alpha value is -2.89. The van der Waals surface area contributed by atoms with E-state index < -0.39 is 6.04 Å². The van der Waals surface area contributed by atoms with Gasteiger partial charge in [-0.3, -0.25) is 4.79 Å². The van der Waals surface area contributed by atoms with Crippen LogP contribution in [0.25, 0.3) is 0 Å². The predicted molar refractivity (Wildman–Crippen MR) is 93.6 cm³/mol. The molecule has 1 atom stereocenters. The van der Waals surface area contributed by atoms with Crippen LogP contribution in [0.1, 0.15) is 12.0 Å². The highest BCUT2D eigenvalue weighted by atomic mass is 19.1. The first-order valence-corrected chi connectivity index (χ1v) is 8.17. The number of halogens is 1. The lowest BCUT2D eigenvalue weighted by Crippen LogP contribution is -2.46. The third-order valence-electron chi connectivity index (χ3n) is 4.25. The van der Waals surface area contributed by atoms with Crippen molar-refractivity contribution in [1.29, 1.82) is 0 Å². The van der Waals surface area contributed by atoms with E-state index >= 15 is 0 Å². The summed E-state index contributed by atoms with van der Waals surface area (Å²) in [6, 6.07) is 14.6. The van der Waals surface area contributed by atoms with Gasteiger partial charge in [0, 0.05) is 25.8 Å². The molecule has 25 heavy (non-hydrogen) atoms. The topological polar surface area (TPSA) is 52.7 Å². The lowest BCUT2D eigenvalue weighted by molar-refractivity contribution is -0.118. The Morgan fingerprint density at radius 3 is 2.56 bits per heavy atom. The SMILES string of the molecule is CN(Cc1ccc(F)cc1)C(=O)NC1CCN(c2ccccc2)C1=O. The summed E-state index contributed by atoms with van der Waals surface area (Å²) < 4.78 is 12.9. The number of anilines is 1. The van der Waals surface area contributed by atoms with E-state index in [9.17, 15) is 14.0 Å². The fourth-order valence-corrected chi connectivity index (χ4v) is 2.87. The molecule has 1 aliphatic rings. The molecule has 3 amide bonds. The highest BCUT2D eigenvalue weighted by molar-refractivity contribution is 6.01. The first-order valence-electron chi connectivity index (χ1n) is 8.17. The van der Waals surface area contributed by atoms with Crippen LogP contribution in [-0.4, -0.2) is 36.5 Å². The fourth-order valence-electron chi connectivity index (χ4n) is 2.87. The number of carbonyl (C=O) groups is 2. The van der Waals surface area contributed by atoms with Crippen molar-refractivity contribution in [2.45, 2.75) is 19.0 Å². The summed E-state index contributed by atoms with van der Waals surface area (Å²) in [4.78, 5) is 28.0. The Morgan fingerprint density at radius 1 is 1.20 bits per heavy atom. The molecule has 0 radical (unpaired) electrons. The van der Waals surface area contributed by atoms with Crippen molar-refractivity contribution in [3.63, 3.8) is 0 Å². The van der Waals surface area contributed by atoms with Crippen LogP contribution in [0.2, 0.25) is 0 Å². The molecule has 1 saturated heterocycles. The van der Waals surface area contributed by atoms with Gasteiger partial charge in [-0.2, -0.15) is 0 Å². The molecule has 0 aliphatic carbocycles. The van der Waals surface area contributed by atoms with E-state index in [0.29, 0.717) is 19.5 Å². The summed E-state index contributed by atoms with van der Waals surface area (Å²) in [5.41, 5.74) is 1.66. The molecule has 0 aromatic heterocycles. The monoisotopic (exact) mass is 341 g/mol. The molecule has 0 spiro atoms. The van der Waals surface area contributed by atoms with Gasteiger partial charge in [0.1, 0.15) is 11.9 Å². The number of nitrogens with one attached hydrogen (secondary N) is 1. The van der Waals surface area contributed by atoms with Crippen LogP contribution in [0, 0.1) is 5.82 Å². The van der Waals surface area contributed by atoms with E-state index in [0.717, 1.165) is 11.3 Å². The molecule has 6 heteroatoms. The van der Waals surface area contributed by atoms with E-state index in [2.05, 4.69) is 5.32 Å². The average molecular weight is 341 g/mol. The molecule has 130 valence electrons. The number of hydrogen-bond acceptors (Lipinski definition) is 2. The van der Waals surface area contributed by atoms with Crippen LogP contribution in [0.4, 0.5) is 14.9 Å². The molecule has 1 heterocycles. The minimum Gasteiger partial charge on any atom is -0.326 e. The number of amides is 3. The number of para-hydroxylation sites is 1. The zero-order valence-electron chi connectivity index (χ0n) is 14.0. The Kier molecular flexibility index (Phi) is 4.97. The van der Waals surface area contributed by atoms with Gasteiger partial charge in [0.15, 0.2) is 0 Å². The van der Waals surface area contributed by atoms with Crippen molar-refractivity contribution >= 4 is 17.6 Å². The minimum atomic E-state index is -0.525. The standard InChI is InChI=1S/C19H20FN3O2/c1-22(13-14-7-9-15(20)10-8-14)19(25)21-17-11-12-23(18(17)24)16-5-3-2-4-6-16/h2-10,17H,11-13H2,1H3,(H,21,25). The van der Waals surface area contributed by atoms with Crippen LogP contribution in [-0.2, 0) is 11.3 Å². The van der Waals surface area contributed by atoms with Crippen molar-refractivity contribution in [2.75, 3.05) is 18.5 Å². The van der Waals surface area contributed by atoms with Gasteiger partial charge in [-0.05, 0) is 36.2 Å². The van der Waals surface area contributed by atoms with E-state index in [1.165, 1.54) is 17.0 Å². The number of hydrogen-bond donors (Lipinski definition) is 1. The molecule has 0 saturated carbocycles. The number of carbonyl (C=O) groups excluding carboxylic acids is 2. The fraction of sp³-hybridized carbons (Fsp3) is 0.263. The van der Waals surface area contributed by atoms with Gasteiger partial charge in [-0.1, -0.05) is 30.3 Å². The van der Waals surface area contributed by atoms with Gasteiger partial charge in [-0.25, -0.2) is 9.18 Å². The predicted octanol–water partition coefficient (Wildman–Crippen LogP) is 2.77. The molecule has 2 aromatic carbocycles. The number of benzene rings is 2. The molecule has 2 aromatic rings. The highest BCUT2D eigenvalue weighted by Crippen LogP contribution is 2.21. The van der Waals surface area contributed by atoms with Crippen molar-refractivity contribution in [2.24, 2.45) is 0 Å². The molecule has 3 rings (SSSR count). The van der Waals surface area contributed by atoms with Crippen LogP contribution >= 0.6 is 0 Å². The largest absolute Gasteiger partial charge is 0.326 e. The van der Waals surface area contributed by atoms with Crippen molar-refractivity contribution in [3.05, 3.63) is 66.0 Å². The molecule has 1 fully saturated rings. The van der Waals surface area contributed by atoms with Crippen LogP contribution in [0.3, 0.4) is 0 Å². The summed E-state index contributed by atoms with van der Waals surface area (Å²) in [6.07, 6.45) is 0.573. The highest BCUT2D eigenvalue weighted by Gasteiger charge is 2.34. The number of nitrogens with zero attached hydrogens (tertiary/aromatic N) is 2. The van der Waals surface area contributed by atoms with Gasteiger partial charge < -0.3 is 15.1 Å². The van der Waals surface area contributed by atoms with Crippen LogP contribution in [0.15, 0.2) is 54.6 Å². The van der Waals surface area contributed by atoms with Crippen LogP contribution in [0.5, 0.6) is 0 Å². The zero-order valence-corrected chi connectivity index (χ0v) is 14.0. The van der Waals surface area contributed by atoms with Crippen molar-refractivity contribution < 1.29 is 14.0 Å². The summed E-state index contributed by atoms with van der Waals surface area (Å²) >= 11 is 0. The molecular weight excluding hydrogens is 321 g/mol. The van der Waals surface area contributed by atoms with Crippen molar-refractivity contribution in [1.82, 2.24) is 10.2 Å².